The van der Waals surface area contributed by atoms with Gasteiger partial charge >= 0.3 is 0 Å². The molecule has 1 saturated heterocycles. The van der Waals surface area contributed by atoms with Gasteiger partial charge in [0.25, 0.3) is 0 Å². The third-order valence-electron chi connectivity index (χ3n) is 6.12. The molecule has 0 aromatic rings. The number of rotatable bonds is 4. The average Bonchev–Trinajstić information content (AvgIpc) is 2.44. The van der Waals surface area contributed by atoms with Gasteiger partial charge in [-0.25, -0.2) is 0 Å². The van der Waals surface area contributed by atoms with Crippen molar-refractivity contribution in [2.24, 2.45) is 17.1 Å². The van der Waals surface area contributed by atoms with E-state index in [-0.39, 0.29) is 5.54 Å². The molecule has 1 saturated carbocycles. The average molecular weight is 296 g/mol. The molecule has 3 nitrogen and oxygen atoms in total. The van der Waals surface area contributed by atoms with Gasteiger partial charge in [0.2, 0.25) is 0 Å². The second-order valence-electron chi connectivity index (χ2n) is 8.56. The summed E-state index contributed by atoms with van der Waals surface area (Å²) >= 11 is 0. The highest BCUT2D eigenvalue weighted by Crippen LogP contribution is 2.46. The Kier molecular flexibility index (Phi) is 5.38. The summed E-state index contributed by atoms with van der Waals surface area (Å²) in [5.41, 5.74) is 6.98. The molecule has 2 unspecified atom stereocenters. The van der Waals surface area contributed by atoms with Crippen molar-refractivity contribution in [2.75, 3.05) is 33.2 Å². The van der Waals surface area contributed by atoms with Crippen molar-refractivity contribution in [3.63, 3.8) is 0 Å². The van der Waals surface area contributed by atoms with Crippen molar-refractivity contribution in [1.82, 2.24) is 9.80 Å². The number of likely N-dealkylation sites (N-methyl/N-ethyl adjacent to an activating group) is 1. The van der Waals surface area contributed by atoms with Gasteiger partial charge in [-0.05, 0) is 70.1 Å². The molecular weight excluding hydrogens is 258 g/mol. The van der Waals surface area contributed by atoms with Gasteiger partial charge in [-0.3, -0.25) is 4.90 Å². The van der Waals surface area contributed by atoms with Crippen LogP contribution >= 0.6 is 0 Å². The Labute approximate surface area is 132 Å². The molecule has 0 radical (unpaired) electrons. The number of likely N-dealkylation sites (tertiary alicyclic amines) is 1. The summed E-state index contributed by atoms with van der Waals surface area (Å²) in [5.74, 6) is 0.787. The van der Waals surface area contributed by atoms with Crippen molar-refractivity contribution in [2.45, 2.75) is 71.4 Å². The Balaban J connectivity index is 2.09. The highest BCUT2D eigenvalue weighted by Gasteiger charge is 2.46. The molecule has 2 N–H and O–H groups in total. The number of nitrogens with two attached hydrogens (primary N) is 1. The van der Waals surface area contributed by atoms with E-state index >= 15 is 0 Å². The maximum Gasteiger partial charge on any atom is 0.0339 e. The molecule has 21 heavy (non-hydrogen) atoms. The van der Waals surface area contributed by atoms with Gasteiger partial charge in [-0.1, -0.05) is 27.7 Å². The van der Waals surface area contributed by atoms with Crippen LogP contribution in [-0.2, 0) is 0 Å². The van der Waals surface area contributed by atoms with Crippen LogP contribution < -0.4 is 5.73 Å². The van der Waals surface area contributed by atoms with Gasteiger partial charge in [-0.15, -0.1) is 0 Å². The molecule has 3 heteroatoms. The number of hydrogen-bond donors (Lipinski definition) is 1. The van der Waals surface area contributed by atoms with Gasteiger partial charge in [0.05, 0.1) is 0 Å². The number of piperidine rings is 1. The van der Waals surface area contributed by atoms with E-state index in [2.05, 4.69) is 44.5 Å². The van der Waals surface area contributed by atoms with E-state index in [0.717, 1.165) is 18.5 Å². The molecule has 2 aliphatic rings. The summed E-state index contributed by atoms with van der Waals surface area (Å²) in [4.78, 5) is 5.27. The zero-order valence-corrected chi connectivity index (χ0v) is 15.0. The van der Waals surface area contributed by atoms with E-state index in [0.29, 0.717) is 5.41 Å². The fourth-order valence-electron chi connectivity index (χ4n) is 5.28. The van der Waals surface area contributed by atoms with Crippen molar-refractivity contribution in [3.05, 3.63) is 0 Å². The van der Waals surface area contributed by atoms with Crippen LogP contribution in [0.3, 0.4) is 0 Å². The normalized spacial score (nSPS) is 35.3. The zero-order valence-electron chi connectivity index (χ0n) is 15.0. The minimum absolute atomic E-state index is 0.222. The Bertz CT molecular complexity index is 333. The van der Waals surface area contributed by atoms with Gasteiger partial charge in [0, 0.05) is 18.1 Å². The minimum Gasteiger partial charge on any atom is -0.329 e. The first kappa shape index (κ1) is 17.2. The van der Waals surface area contributed by atoms with Crippen molar-refractivity contribution < 1.29 is 0 Å². The standard InChI is InChI=1S/C18H37N3/c1-6-21-9-7-16(8-10-21)20(5)18(14-19)12-15(2)11-17(3,4)13-18/h15-16H,6-14,19H2,1-5H3. The summed E-state index contributed by atoms with van der Waals surface area (Å²) in [5, 5.41) is 0. The summed E-state index contributed by atoms with van der Waals surface area (Å²) in [6.45, 7) is 14.1. The smallest absolute Gasteiger partial charge is 0.0339 e. The molecule has 124 valence electrons. The summed E-state index contributed by atoms with van der Waals surface area (Å²) < 4.78 is 0. The first-order valence-corrected chi connectivity index (χ1v) is 8.97. The van der Waals surface area contributed by atoms with Crippen LogP contribution in [0.4, 0.5) is 0 Å². The second kappa shape index (κ2) is 6.55. The molecule has 0 bridgehead atoms. The van der Waals surface area contributed by atoms with E-state index in [1.165, 1.54) is 51.7 Å². The van der Waals surface area contributed by atoms with Crippen LogP contribution in [0.2, 0.25) is 0 Å². The third kappa shape index (κ3) is 3.80. The minimum atomic E-state index is 0.222. The fraction of sp³-hybridized carbons (Fsp3) is 1.00. The lowest BCUT2D eigenvalue weighted by atomic mass is 9.63. The summed E-state index contributed by atoms with van der Waals surface area (Å²) in [6, 6.07) is 0.720. The third-order valence-corrected chi connectivity index (χ3v) is 6.12. The number of hydrogen-bond acceptors (Lipinski definition) is 3. The Hall–Kier alpha value is -0.120. The zero-order chi connectivity index (χ0) is 15.7. The molecular formula is C18H37N3. The molecule has 1 heterocycles. The van der Waals surface area contributed by atoms with Crippen LogP contribution in [0.15, 0.2) is 0 Å². The van der Waals surface area contributed by atoms with E-state index < -0.39 is 0 Å². The highest BCUT2D eigenvalue weighted by atomic mass is 15.2. The predicted molar refractivity (Wildman–Crippen MR) is 91.5 cm³/mol. The first-order chi connectivity index (χ1) is 9.82. The van der Waals surface area contributed by atoms with Gasteiger partial charge in [0.15, 0.2) is 0 Å². The largest absolute Gasteiger partial charge is 0.329 e. The van der Waals surface area contributed by atoms with Crippen LogP contribution in [0.5, 0.6) is 0 Å². The predicted octanol–water partition coefficient (Wildman–Crippen LogP) is 2.95. The molecule has 2 atom stereocenters. The number of nitrogens with zero attached hydrogens (tertiary/aromatic N) is 2. The lowest BCUT2D eigenvalue weighted by Crippen LogP contribution is -2.61. The SMILES string of the molecule is CCN1CCC(N(C)C2(CN)CC(C)CC(C)(C)C2)CC1. The Morgan fingerprint density at radius 1 is 1.19 bits per heavy atom. The van der Waals surface area contributed by atoms with E-state index in [4.69, 9.17) is 5.73 Å². The monoisotopic (exact) mass is 295 g/mol. The van der Waals surface area contributed by atoms with Crippen LogP contribution in [-0.4, -0.2) is 54.6 Å². The molecule has 1 aliphatic carbocycles. The second-order valence-corrected chi connectivity index (χ2v) is 8.56. The van der Waals surface area contributed by atoms with Crippen molar-refractivity contribution in [1.29, 1.82) is 0 Å². The maximum atomic E-state index is 6.33. The maximum absolute atomic E-state index is 6.33. The van der Waals surface area contributed by atoms with Crippen LogP contribution in [0, 0.1) is 11.3 Å². The Morgan fingerprint density at radius 3 is 2.29 bits per heavy atom. The van der Waals surface area contributed by atoms with Crippen molar-refractivity contribution in [3.8, 4) is 0 Å². The lowest BCUT2D eigenvalue weighted by molar-refractivity contribution is -0.0335. The molecule has 0 aromatic carbocycles. The van der Waals surface area contributed by atoms with Gasteiger partial charge in [-0.2, -0.15) is 0 Å². The summed E-state index contributed by atoms with van der Waals surface area (Å²) in [7, 11) is 2.35. The summed E-state index contributed by atoms with van der Waals surface area (Å²) in [6.07, 6.45) is 6.49. The van der Waals surface area contributed by atoms with E-state index in [1.54, 1.807) is 0 Å². The highest BCUT2D eigenvalue weighted by molar-refractivity contribution is 5.02. The van der Waals surface area contributed by atoms with E-state index in [1.807, 2.05) is 0 Å². The molecule has 2 fully saturated rings. The molecule has 0 spiro atoms. The van der Waals surface area contributed by atoms with Gasteiger partial charge < -0.3 is 10.6 Å². The molecule has 0 aromatic heterocycles. The van der Waals surface area contributed by atoms with Gasteiger partial charge in [0.1, 0.15) is 0 Å². The molecule has 0 amide bonds. The van der Waals surface area contributed by atoms with Crippen LogP contribution in [0.1, 0.15) is 59.8 Å². The quantitative estimate of drug-likeness (QED) is 0.865. The topological polar surface area (TPSA) is 32.5 Å². The van der Waals surface area contributed by atoms with Crippen LogP contribution in [0.25, 0.3) is 0 Å². The molecule has 1 aliphatic heterocycles. The Morgan fingerprint density at radius 2 is 1.81 bits per heavy atom. The fourth-order valence-corrected chi connectivity index (χ4v) is 5.28. The van der Waals surface area contributed by atoms with Crippen molar-refractivity contribution >= 4 is 0 Å². The first-order valence-electron chi connectivity index (χ1n) is 8.97. The van der Waals surface area contributed by atoms with E-state index in [9.17, 15) is 0 Å². The lowest BCUT2D eigenvalue weighted by Gasteiger charge is -2.55. The molecule has 2 rings (SSSR count).